The van der Waals surface area contributed by atoms with Gasteiger partial charge in [-0.2, -0.15) is 0 Å². The van der Waals surface area contributed by atoms with E-state index < -0.39 is 0 Å². The molecule has 0 spiro atoms. The van der Waals surface area contributed by atoms with E-state index in [1.54, 1.807) is 0 Å². The first kappa shape index (κ1) is 14.5. The van der Waals surface area contributed by atoms with Crippen LogP contribution < -0.4 is 10.6 Å². The summed E-state index contributed by atoms with van der Waals surface area (Å²) in [6.45, 7) is 8.32. The summed E-state index contributed by atoms with van der Waals surface area (Å²) in [6, 6.07) is 0.254. The Morgan fingerprint density at radius 2 is 2.00 bits per heavy atom. The maximum Gasteiger partial charge on any atom is 0.221 e. The van der Waals surface area contributed by atoms with E-state index in [2.05, 4.69) is 15.5 Å². The number of likely N-dealkylation sites (tertiary alicyclic amines) is 1. The fourth-order valence-corrected chi connectivity index (χ4v) is 2.36. The van der Waals surface area contributed by atoms with E-state index in [9.17, 15) is 4.79 Å². The number of nitrogens with one attached hydrogen (secondary N) is 2. The Morgan fingerprint density at radius 1 is 1.35 bits per heavy atom. The van der Waals surface area contributed by atoms with Gasteiger partial charge in [0.1, 0.15) is 0 Å². The zero-order chi connectivity index (χ0) is 12.7. The number of rotatable bonds is 6. The number of hydrogen-bond acceptors (Lipinski definition) is 3. The van der Waals surface area contributed by atoms with Crippen molar-refractivity contribution in [2.24, 2.45) is 5.92 Å². The lowest BCUT2D eigenvalue weighted by Gasteiger charge is -2.31. The highest BCUT2D eigenvalue weighted by Gasteiger charge is 2.18. The fraction of sp³-hybridized carbons (Fsp3) is 0.923. The van der Waals surface area contributed by atoms with Gasteiger partial charge in [0.15, 0.2) is 0 Å². The van der Waals surface area contributed by atoms with Gasteiger partial charge in [-0.05, 0) is 59.3 Å². The number of piperidine rings is 1. The van der Waals surface area contributed by atoms with E-state index in [-0.39, 0.29) is 11.9 Å². The van der Waals surface area contributed by atoms with Gasteiger partial charge in [-0.25, -0.2) is 0 Å². The average molecular weight is 241 g/mol. The van der Waals surface area contributed by atoms with E-state index in [1.165, 1.54) is 12.8 Å². The molecule has 0 aromatic rings. The minimum Gasteiger partial charge on any atom is -0.354 e. The van der Waals surface area contributed by atoms with Crippen LogP contribution in [-0.2, 0) is 4.79 Å². The number of nitrogens with zero attached hydrogens (tertiary/aromatic N) is 1. The molecule has 17 heavy (non-hydrogen) atoms. The lowest BCUT2D eigenvalue weighted by atomic mass is 9.97. The molecule has 1 aliphatic rings. The fourth-order valence-electron chi connectivity index (χ4n) is 2.36. The monoisotopic (exact) mass is 241 g/mol. The molecule has 0 bridgehead atoms. The zero-order valence-corrected chi connectivity index (χ0v) is 11.5. The summed E-state index contributed by atoms with van der Waals surface area (Å²) < 4.78 is 0. The molecule has 0 aliphatic carbocycles. The average Bonchev–Trinajstić information content (AvgIpc) is 2.28. The first-order valence-corrected chi connectivity index (χ1v) is 6.78. The van der Waals surface area contributed by atoms with Gasteiger partial charge in [-0.15, -0.1) is 0 Å². The Bertz CT molecular complexity index is 223. The van der Waals surface area contributed by atoms with Crippen LogP contribution in [0.2, 0.25) is 0 Å². The first-order chi connectivity index (χ1) is 8.11. The SMILES string of the molecule is CNCC1CCN(CCC(=O)NC(C)C)CC1. The van der Waals surface area contributed by atoms with Gasteiger partial charge >= 0.3 is 0 Å². The zero-order valence-electron chi connectivity index (χ0n) is 11.5. The maximum atomic E-state index is 11.5. The standard InChI is InChI=1S/C13H27N3O/c1-11(2)15-13(17)6-9-16-7-4-12(5-8-16)10-14-3/h11-12,14H,4-10H2,1-3H3,(H,15,17). The van der Waals surface area contributed by atoms with Crippen LogP contribution in [0.15, 0.2) is 0 Å². The van der Waals surface area contributed by atoms with E-state index in [0.717, 1.165) is 32.1 Å². The molecule has 1 saturated heterocycles. The third-order valence-corrected chi connectivity index (χ3v) is 3.30. The lowest BCUT2D eigenvalue weighted by molar-refractivity contribution is -0.122. The van der Waals surface area contributed by atoms with Crippen LogP contribution in [0.3, 0.4) is 0 Å². The van der Waals surface area contributed by atoms with Gasteiger partial charge in [0.25, 0.3) is 0 Å². The quantitative estimate of drug-likeness (QED) is 0.724. The Morgan fingerprint density at radius 3 is 2.53 bits per heavy atom. The van der Waals surface area contributed by atoms with E-state index in [4.69, 9.17) is 0 Å². The van der Waals surface area contributed by atoms with E-state index in [0.29, 0.717) is 6.42 Å². The molecular formula is C13H27N3O. The molecule has 1 fully saturated rings. The van der Waals surface area contributed by atoms with E-state index >= 15 is 0 Å². The summed E-state index contributed by atoms with van der Waals surface area (Å²) >= 11 is 0. The lowest BCUT2D eigenvalue weighted by Crippen LogP contribution is -2.39. The highest BCUT2D eigenvalue weighted by molar-refractivity contribution is 5.76. The molecule has 1 rings (SSSR count). The molecule has 1 heterocycles. The van der Waals surface area contributed by atoms with Crippen molar-refractivity contribution >= 4 is 5.91 Å². The predicted molar refractivity (Wildman–Crippen MR) is 71.0 cm³/mol. The number of carbonyl (C=O) groups is 1. The maximum absolute atomic E-state index is 11.5. The second kappa shape index (κ2) is 7.67. The third kappa shape index (κ3) is 6.03. The molecule has 0 saturated carbocycles. The molecule has 0 unspecified atom stereocenters. The highest BCUT2D eigenvalue weighted by Crippen LogP contribution is 2.16. The first-order valence-electron chi connectivity index (χ1n) is 6.78. The summed E-state index contributed by atoms with van der Waals surface area (Å²) in [6.07, 6.45) is 3.15. The van der Waals surface area contributed by atoms with Gasteiger partial charge in [-0.3, -0.25) is 4.79 Å². The van der Waals surface area contributed by atoms with Crippen molar-refractivity contribution in [2.75, 3.05) is 33.2 Å². The van der Waals surface area contributed by atoms with Gasteiger partial charge in [0.05, 0.1) is 0 Å². The smallest absolute Gasteiger partial charge is 0.221 e. The topological polar surface area (TPSA) is 44.4 Å². The summed E-state index contributed by atoms with van der Waals surface area (Å²) in [5.74, 6) is 0.998. The van der Waals surface area contributed by atoms with Crippen LogP contribution in [0.5, 0.6) is 0 Å². The molecule has 4 heteroatoms. The van der Waals surface area contributed by atoms with Crippen molar-refractivity contribution in [2.45, 2.75) is 39.2 Å². The third-order valence-electron chi connectivity index (χ3n) is 3.30. The van der Waals surface area contributed by atoms with Crippen molar-refractivity contribution in [3.05, 3.63) is 0 Å². The molecule has 0 atom stereocenters. The minimum atomic E-state index is 0.178. The Labute approximate surface area is 105 Å². The normalized spacial score (nSPS) is 18.6. The van der Waals surface area contributed by atoms with Crippen molar-refractivity contribution in [1.82, 2.24) is 15.5 Å². The van der Waals surface area contributed by atoms with Crippen LogP contribution in [0, 0.1) is 5.92 Å². The van der Waals surface area contributed by atoms with Crippen molar-refractivity contribution < 1.29 is 4.79 Å². The van der Waals surface area contributed by atoms with Gasteiger partial charge in [0.2, 0.25) is 5.91 Å². The molecule has 0 aromatic heterocycles. The van der Waals surface area contributed by atoms with Crippen LogP contribution in [-0.4, -0.2) is 50.1 Å². The number of hydrogen-bond donors (Lipinski definition) is 2. The molecule has 2 N–H and O–H groups in total. The van der Waals surface area contributed by atoms with Crippen LogP contribution in [0.25, 0.3) is 0 Å². The van der Waals surface area contributed by atoms with Crippen molar-refractivity contribution in [3.8, 4) is 0 Å². The Kier molecular flexibility index (Phi) is 6.52. The molecule has 1 aliphatic heterocycles. The van der Waals surface area contributed by atoms with Crippen molar-refractivity contribution in [1.29, 1.82) is 0 Å². The molecule has 0 aromatic carbocycles. The summed E-state index contributed by atoms with van der Waals surface area (Å²) in [5, 5.41) is 6.18. The largest absolute Gasteiger partial charge is 0.354 e. The van der Waals surface area contributed by atoms with Gasteiger partial charge in [-0.1, -0.05) is 0 Å². The summed E-state index contributed by atoms with van der Waals surface area (Å²) in [4.78, 5) is 13.9. The number of carbonyl (C=O) groups excluding carboxylic acids is 1. The molecule has 100 valence electrons. The predicted octanol–water partition coefficient (Wildman–Crippen LogP) is 0.833. The summed E-state index contributed by atoms with van der Waals surface area (Å²) in [7, 11) is 2.02. The van der Waals surface area contributed by atoms with Gasteiger partial charge < -0.3 is 15.5 Å². The second-order valence-corrected chi connectivity index (χ2v) is 5.31. The molecular weight excluding hydrogens is 214 g/mol. The van der Waals surface area contributed by atoms with Crippen LogP contribution >= 0.6 is 0 Å². The van der Waals surface area contributed by atoms with E-state index in [1.807, 2.05) is 20.9 Å². The Hall–Kier alpha value is -0.610. The number of amides is 1. The van der Waals surface area contributed by atoms with Crippen LogP contribution in [0.4, 0.5) is 0 Å². The van der Waals surface area contributed by atoms with Gasteiger partial charge in [0, 0.05) is 19.0 Å². The molecule has 4 nitrogen and oxygen atoms in total. The summed E-state index contributed by atoms with van der Waals surface area (Å²) in [5.41, 5.74) is 0. The Balaban J connectivity index is 2.11. The highest BCUT2D eigenvalue weighted by atomic mass is 16.1. The van der Waals surface area contributed by atoms with Crippen LogP contribution in [0.1, 0.15) is 33.1 Å². The molecule has 1 amide bonds. The van der Waals surface area contributed by atoms with Crippen molar-refractivity contribution in [3.63, 3.8) is 0 Å². The molecule has 0 radical (unpaired) electrons. The minimum absolute atomic E-state index is 0.178. The second-order valence-electron chi connectivity index (χ2n) is 5.31.